The highest BCUT2D eigenvalue weighted by atomic mass is 19.1. The van der Waals surface area contributed by atoms with E-state index in [0.717, 1.165) is 12.5 Å². The molecule has 1 saturated heterocycles. The molecule has 5 nitrogen and oxygen atoms in total. The van der Waals surface area contributed by atoms with E-state index >= 15 is 0 Å². The molecule has 1 aliphatic heterocycles. The van der Waals surface area contributed by atoms with E-state index in [1.165, 1.54) is 24.1 Å². The summed E-state index contributed by atoms with van der Waals surface area (Å²) in [5.74, 6) is -1.30. The van der Waals surface area contributed by atoms with Crippen LogP contribution in [0.15, 0.2) is 18.2 Å². The molecule has 1 aromatic carbocycles. The van der Waals surface area contributed by atoms with Crippen molar-refractivity contribution in [3.63, 3.8) is 0 Å². The quantitative estimate of drug-likeness (QED) is 0.797. The van der Waals surface area contributed by atoms with Gasteiger partial charge in [0.25, 0.3) is 5.91 Å². The minimum absolute atomic E-state index is 0.0786. The van der Waals surface area contributed by atoms with Crippen LogP contribution in [-0.4, -0.2) is 43.1 Å². The number of ether oxygens (including phenoxy) is 2. The minimum atomic E-state index is -0.602. The molecule has 1 fully saturated rings. The van der Waals surface area contributed by atoms with Crippen LogP contribution in [0.25, 0.3) is 0 Å². The van der Waals surface area contributed by atoms with Gasteiger partial charge in [0.15, 0.2) is 11.6 Å². The van der Waals surface area contributed by atoms with Crippen LogP contribution in [-0.2, 0) is 9.53 Å². The molecule has 21 heavy (non-hydrogen) atoms. The molecule has 0 bridgehead atoms. The smallest absolute Gasteiger partial charge is 0.328 e. The molecule has 1 heterocycles. The number of hydrogen-bond acceptors (Lipinski definition) is 4. The molecule has 1 amide bonds. The molecule has 1 atom stereocenters. The summed E-state index contributed by atoms with van der Waals surface area (Å²) in [6, 6.07) is 3.44. The average molecular weight is 295 g/mol. The van der Waals surface area contributed by atoms with E-state index in [1.54, 1.807) is 6.92 Å². The van der Waals surface area contributed by atoms with Crippen molar-refractivity contribution in [2.75, 3.05) is 20.3 Å². The molecule has 0 spiro atoms. The summed E-state index contributed by atoms with van der Waals surface area (Å²) in [7, 11) is 1.36. The monoisotopic (exact) mass is 295 g/mol. The van der Waals surface area contributed by atoms with Gasteiger partial charge < -0.3 is 14.4 Å². The molecule has 114 valence electrons. The second-order valence-electron chi connectivity index (χ2n) is 4.76. The molecule has 1 aliphatic rings. The lowest BCUT2D eigenvalue weighted by molar-refractivity contribution is -0.147. The third kappa shape index (κ3) is 3.15. The molecule has 0 aliphatic carbocycles. The Hall–Kier alpha value is -2.11. The second-order valence-corrected chi connectivity index (χ2v) is 4.76. The lowest BCUT2D eigenvalue weighted by Crippen LogP contribution is -2.41. The van der Waals surface area contributed by atoms with Crippen LogP contribution in [0.2, 0.25) is 0 Å². The largest absolute Gasteiger partial charge is 0.494 e. The summed E-state index contributed by atoms with van der Waals surface area (Å²) in [6.45, 7) is 2.46. The summed E-state index contributed by atoms with van der Waals surface area (Å²) >= 11 is 0. The topological polar surface area (TPSA) is 55.8 Å². The van der Waals surface area contributed by atoms with Crippen LogP contribution in [0.4, 0.5) is 4.39 Å². The number of benzene rings is 1. The van der Waals surface area contributed by atoms with Crippen molar-refractivity contribution in [2.24, 2.45) is 0 Å². The molecular weight excluding hydrogens is 277 g/mol. The van der Waals surface area contributed by atoms with Crippen molar-refractivity contribution in [3.05, 3.63) is 29.6 Å². The van der Waals surface area contributed by atoms with Crippen molar-refractivity contribution in [1.82, 2.24) is 4.90 Å². The Balaban J connectivity index is 2.18. The SMILES string of the molecule is CCOC(=O)C1CCCN1C(=O)c1ccc(OC)c(F)c1. The Morgan fingerprint density at radius 2 is 2.19 bits per heavy atom. The first-order chi connectivity index (χ1) is 10.1. The van der Waals surface area contributed by atoms with E-state index in [2.05, 4.69) is 0 Å². The van der Waals surface area contributed by atoms with E-state index in [1.807, 2.05) is 0 Å². The van der Waals surface area contributed by atoms with E-state index in [4.69, 9.17) is 9.47 Å². The first kappa shape index (κ1) is 15.3. The Morgan fingerprint density at radius 3 is 2.81 bits per heavy atom. The van der Waals surface area contributed by atoms with Crippen molar-refractivity contribution < 1.29 is 23.5 Å². The fourth-order valence-electron chi connectivity index (χ4n) is 2.46. The Morgan fingerprint density at radius 1 is 1.43 bits per heavy atom. The lowest BCUT2D eigenvalue weighted by Gasteiger charge is -2.23. The number of nitrogens with zero attached hydrogens (tertiary/aromatic N) is 1. The Kier molecular flexibility index (Phi) is 4.77. The highest BCUT2D eigenvalue weighted by molar-refractivity contribution is 5.97. The van der Waals surface area contributed by atoms with Gasteiger partial charge in [0.1, 0.15) is 6.04 Å². The van der Waals surface area contributed by atoms with Crippen LogP contribution in [0.3, 0.4) is 0 Å². The molecule has 0 saturated carbocycles. The number of rotatable bonds is 4. The number of halogens is 1. The molecule has 1 unspecified atom stereocenters. The molecule has 0 radical (unpaired) electrons. The normalized spacial score (nSPS) is 17.7. The number of carbonyl (C=O) groups excluding carboxylic acids is 2. The van der Waals surface area contributed by atoms with Gasteiger partial charge in [-0.25, -0.2) is 9.18 Å². The van der Waals surface area contributed by atoms with Crippen LogP contribution >= 0.6 is 0 Å². The number of hydrogen-bond donors (Lipinski definition) is 0. The number of esters is 1. The zero-order chi connectivity index (χ0) is 15.4. The standard InChI is InChI=1S/C15H18FNO4/c1-3-21-15(19)12-5-4-8-17(12)14(18)10-6-7-13(20-2)11(16)9-10/h6-7,9,12H,3-5,8H2,1-2H3. The van der Waals surface area contributed by atoms with E-state index in [0.29, 0.717) is 13.0 Å². The van der Waals surface area contributed by atoms with Crippen molar-refractivity contribution >= 4 is 11.9 Å². The zero-order valence-corrected chi connectivity index (χ0v) is 12.1. The van der Waals surface area contributed by atoms with Gasteiger partial charge in [-0.05, 0) is 38.0 Å². The summed E-state index contributed by atoms with van der Waals surface area (Å²) in [5, 5.41) is 0. The van der Waals surface area contributed by atoms with Gasteiger partial charge in [-0.3, -0.25) is 4.79 Å². The maximum absolute atomic E-state index is 13.7. The fraction of sp³-hybridized carbons (Fsp3) is 0.467. The predicted molar refractivity (Wildman–Crippen MR) is 73.6 cm³/mol. The Bertz CT molecular complexity index is 546. The fourth-order valence-corrected chi connectivity index (χ4v) is 2.46. The second kappa shape index (κ2) is 6.56. The van der Waals surface area contributed by atoms with Gasteiger partial charge in [-0.1, -0.05) is 0 Å². The number of likely N-dealkylation sites (tertiary alicyclic amines) is 1. The van der Waals surface area contributed by atoms with Gasteiger partial charge in [-0.2, -0.15) is 0 Å². The third-order valence-electron chi connectivity index (χ3n) is 3.47. The molecular formula is C15H18FNO4. The maximum atomic E-state index is 13.7. The molecule has 0 N–H and O–H groups in total. The van der Waals surface area contributed by atoms with Crippen LogP contribution in [0.1, 0.15) is 30.1 Å². The third-order valence-corrected chi connectivity index (χ3v) is 3.47. The van der Waals surface area contributed by atoms with E-state index in [-0.39, 0.29) is 23.8 Å². The highest BCUT2D eigenvalue weighted by Crippen LogP contribution is 2.24. The molecule has 6 heteroatoms. The highest BCUT2D eigenvalue weighted by Gasteiger charge is 2.35. The first-order valence-electron chi connectivity index (χ1n) is 6.89. The summed E-state index contributed by atoms with van der Waals surface area (Å²) in [4.78, 5) is 25.7. The van der Waals surface area contributed by atoms with Gasteiger partial charge in [0, 0.05) is 12.1 Å². The Labute approximate surface area is 122 Å². The predicted octanol–water partition coefficient (Wildman–Crippen LogP) is 2.00. The minimum Gasteiger partial charge on any atom is -0.494 e. The van der Waals surface area contributed by atoms with Gasteiger partial charge in [0.05, 0.1) is 13.7 Å². The van der Waals surface area contributed by atoms with E-state index in [9.17, 15) is 14.0 Å². The van der Waals surface area contributed by atoms with Gasteiger partial charge in [-0.15, -0.1) is 0 Å². The van der Waals surface area contributed by atoms with E-state index < -0.39 is 17.8 Å². The summed E-state index contributed by atoms with van der Waals surface area (Å²) in [6.07, 6.45) is 1.30. The van der Waals surface area contributed by atoms with Gasteiger partial charge >= 0.3 is 5.97 Å². The van der Waals surface area contributed by atoms with Crippen LogP contribution in [0.5, 0.6) is 5.75 Å². The number of amides is 1. The van der Waals surface area contributed by atoms with Crippen molar-refractivity contribution in [2.45, 2.75) is 25.8 Å². The van der Waals surface area contributed by atoms with Crippen molar-refractivity contribution in [1.29, 1.82) is 0 Å². The maximum Gasteiger partial charge on any atom is 0.328 e. The van der Waals surface area contributed by atoms with Crippen molar-refractivity contribution in [3.8, 4) is 5.75 Å². The van der Waals surface area contributed by atoms with Gasteiger partial charge in [0.2, 0.25) is 0 Å². The lowest BCUT2D eigenvalue weighted by atomic mass is 10.1. The molecule has 1 aromatic rings. The molecule has 0 aromatic heterocycles. The first-order valence-corrected chi connectivity index (χ1v) is 6.89. The number of carbonyl (C=O) groups is 2. The average Bonchev–Trinajstić information content (AvgIpc) is 2.96. The summed E-state index contributed by atoms with van der Waals surface area (Å²) in [5.41, 5.74) is 0.199. The van der Waals surface area contributed by atoms with Crippen LogP contribution in [0, 0.1) is 5.82 Å². The zero-order valence-electron chi connectivity index (χ0n) is 12.1. The molecule has 2 rings (SSSR count). The van der Waals surface area contributed by atoms with Crippen LogP contribution < -0.4 is 4.74 Å². The summed E-state index contributed by atoms with van der Waals surface area (Å²) < 4.78 is 23.5. The number of methoxy groups -OCH3 is 1.